The van der Waals surface area contributed by atoms with Gasteiger partial charge in [-0.15, -0.1) is 0 Å². The molecule has 1 saturated heterocycles. The number of aliphatic hydroxyl groups is 1. The second-order valence-corrected chi connectivity index (χ2v) is 6.10. The van der Waals surface area contributed by atoms with E-state index in [1.807, 2.05) is 0 Å². The summed E-state index contributed by atoms with van der Waals surface area (Å²) < 4.78 is 10.8. The van der Waals surface area contributed by atoms with Gasteiger partial charge in [-0.2, -0.15) is 0 Å². The summed E-state index contributed by atoms with van der Waals surface area (Å²) in [6.45, 7) is 5.21. The normalized spacial score (nSPS) is 34.5. The average molecular weight is 285 g/mol. The van der Waals surface area contributed by atoms with E-state index in [4.69, 9.17) is 9.47 Å². The lowest BCUT2D eigenvalue weighted by atomic mass is 9.82. The Morgan fingerprint density at radius 3 is 2.90 bits per heavy atom. The number of hydrogen-bond acceptors (Lipinski definition) is 5. The van der Waals surface area contributed by atoms with Crippen LogP contribution in [0.4, 0.5) is 0 Å². The van der Waals surface area contributed by atoms with Crippen molar-refractivity contribution in [3.63, 3.8) is 0 Å². The second-order valence-electron chi connectivity index (χ2n) is 6.10. The van der Waals surface area contributed by atoms with Gasteiger partial charge in [-0.05, 0) is 32.6 Å². The van der Waals surface area contributed by atoms with E-state index >= 15 is 0 Å². The molecule has 0 aromatic rings. The van der Waals surface area contributed by atoms with Crippen LogP contribution in [0.25, 0.3) is 0 Å². The number of carbonyl (C=O) groups is 1. The van der Waals surface area contributed by atoms with E-state index in [0.29, 0.717) is 12.5 Å². The van der Waals surface area contributed by atoms with Gasteiger partial charge in [0.05, 0.1) is 25.4 Å². The molecule has 20 heavy (non-hydrogen) atoms. The van der Waals surface area contributed by atoms with Gasteiger partial charge in [0.2, 0.25) is 0 Å². The molecule has 1 saturated carbocycles. The van der Waals surface area contributed by atoms with E-state index in [9.17, 15) is 9.90 Å². The van der Waals surface area contributed by atoms with Gasteiger partial charge >= 0.3 is 5.97 Å². The van der Waals surface area contributed by atoms with E-state index in [1.165, 1.54) is 0 Å². The maximum absolute atomic E-state index is 11.8. The molecule has 2 N–H and O–H groups in total. The zero-order chi connectivity index (χ0) is 14.5. The third kappa shape index (κ3) is 4.72. The van der Waals surface area contributed by atoms with Crippen molar-refractivity contribution in [2.24, 2.45) is 5.92 Å². The summed E-state index contributed by atoms with van der Waals surface area (Å²) in [4.78, 5) is 11.8. The molecule has 0 spiro atoms. The van der Waals surface area contributed by atoms with Gasteiger partial charge in [0.25, 0.3) is 0 Å². The third-order valence-electron chi connectivity index (χ3n) is 4.27. The van der Waals surface area contributed by atoms with Crippen LogP contribution >= 0.6 is 0 Å². The topological polar surface area (TPSA) is 71.1 Å². The Hall–Kier alpha value is -0.650. The maximum atomic E-state index is 11.8. The number of nitrogens with one attached hydrogen (secondary N) is 1. The molecule has 2 aliphatic rings. The highest BCUT2D eigenvalue weighted by molar-refractivity contribution is 5.71. The van der Waals surface area contributed by atoms with Crippen LogP contribution in [0.3, 0.4) is 0 Å². The summed E-state index contributed by atoms with van der Waals surface area (Å²) in [6, 6.07) is 0.341. The van der Waals surface area contributed by atoms with Crippen molar-refractivity contribution in [1.82, 2.24) is 5.32 Å². The molecule has 116 valence electrons. The molecule has 0 amide bonds. The highest BCUT2D eigenvalue weighted by Crippen LogP contribution is 2.35. The van der Waals surface area contributed by atoms with Gasteiger partial charge in [-0.3, -0.25) is 4.79 Å². The van der Waals surface area contributed by atoms with Crippen LogP contribution in [0.15, 0.2) is 0 Å². The Morgan fingerprint density at radius 2 is 2.25 bits per heavy atom. The molecule has 5 nitrogen and oxygen atoms in total. The van der Waals surface area contributed by atoms with Crippen LogP contribution in [0, 0.1) is 5.92 Å². The lowest BCUT2D eigenvalue weighted by Crippen LogP contribution is -2.39. The van der Waals surface area contributed by atoms with E-state index in [1.54, 1.807) is 0 Å². The number of rotatable bonds is 7. The maximum Gasteiger partial charge on any atom is 0.320 e. The predicted molar refractivity (Wildman–Crippen MR) is 75.3 cm³/mol. The van der Waals surface area contributed by atoms with Crippen molar-refractivity contribution in [1.29, 1.82) is 0 Å². The fraction of sp³-hybridized carbons (Fsp3) is 0.933. The average Bonchev–Trinajstić information content (AvgIpc) is 3.23. The Balaban J connectivity index is 1.68. The minimum atomic E-state index is -0.305. The number of aliphatic hydroxyl groups excluding tert-OH is 1. The molecular formula is C15H27NO4. The fourth-order valence-electron chi connectivity index (χ4n) is 2.98. The Labute approximate surface area is 121 Å². The summed E-state index contributed by atoms with van der Waals surface area (Å²) in [5, 5.41) is 13.1. The number of ether oxygens (including phenoxy) is 2. The van der Waals surface area contributed by atoms with Crippen molar-refractivity contribution < 1.29 is 19.4 Å². The summed E-state index contributed by atoms with van der Waals surface area (Å²) in [5.41, 5.74) is 0. The first-order valence-corrected chi connectivity index (χ1v) is 7.82. The van der Waals surface area contributed by atoms with Crippen LogP contribution in [0.1, 0.15) is 46.0 Å². The van der Waals surface area contributed by atoms with Crippen molar-refractivity contribution in [2.75, 3.05) is 13.2 Å². The third-order valence-corrected chi connectivity index (χ3v) is 4.27. The quantitative estimate of drug-likeness (QED) is 0.544. The first-order chi connectivity index (χ1) is 9.60. The van der Waals surface area contributed by atoms with Gasteiger partial charge in [0, 0.05) is 12.0 Å². The van der Waals surface area contributed by atoms with Gasteiger partial charge in [0.15, 0.2) is 0 Å². The van der Waals surface area contributed by atoms with Crippen LogP contribution in [0.5, 0.6) is 0 Å². The number of carbonyl (C=O) groups excluding carboxylic acids is 1. The van der Waals surface area contributed by atoms with Gasteiger partial charge in [-0.1, -0.05) is 13.3 Å². The number of esters is 1. The first-order valence-electron chi connectivity index (χ1n) is 7.82. The van der Waals surface area contributed by atoms with Crippen LogP contribution in [0.2, 0.25) is 0 Å². The van der Waals surface area contributed by atoms with E-state index in [-0.39, 0.29) is 36.7 Å². The predicted octanol–water partition coefficient (Wildman–Crippen LogP) is 1.24. The Morgan fingerprint density at radius 1 is 1.50 bits per heavy atom. The van der Waals surface area contributed by atoms with Crippen LogP contribution in [-0.2, 0) is 14.3 Å². The first kappa shape index (κ1) is 15.7. The minimum absolute atomic E-state index is 0.0663. The minimum Gasteiger partial charge on any atom is -0.461 e. The molecule has 0 radical (unpaired) electrons. The molecule has 2 fully saturated rings. The van der Waals surface area contributed by atoms with Crippen molar-refractivity contribution in [2.45, 2.75) is 70.3 Å². The number of epoxide rings is 1. The summed E-state index contributed by atoms with van der Waals surface area (Å²) >= 11 is 0. The van der Waals surface area contributed by atoms with Crippen LogP contribution in [-0.4, -0.2) is 48.6 Å². The largest absolute Gasteiger partial charge is 0.461 e. The molecule has 1 aliphatic heterocycles. The molecule has 1 heterocycles. The second kappa shape index (κ2) is 7.38. The van der Waals surface area contributed by atoms with Gasteiger partial charge < -0.3 is 19.9 Å². The van der Waals surface area contributed by atoms with Crippen molar-refractivity contribution in [3.8, 4) is 0 Å². The molecule has 0 aromatic heterocycles. The highest BCUT2D eigenvalue weighted by atomic mass is 16.6. The highest BCUT2D eigenvalue weighted by Gasteiger charge is 2.42. The van der Waals surface area contributed by atoms with E-state index in [0.717, 1.165) is 32.3 Å². The SMILES string of the molecule is CCCC(C)NCC(=O)O[C@@H]1CCC(O)[C@@H]([C@@H]2CO2)C1. The van der Waals surface area contributed by atoms with Crippen molar-refractivity contribution in [3.05, 3.63) is 0 Å². The Kier molecular flexibility index (Phi) is 5.81. The fourth-order valence-corrected chi connectivity index (χ4v) is 2.98. The Bertz CT molecular complexity index is 319. The van der Waals surface area contributed by atoms with E-state index < -0.39 is 0 Å². The molecule has 0 aromatic carbocycles. The lowest BCUT2D eigenvalue weighted by Gasteiger charge is -2.32. The molecule has 0 bridgehead atoms. The molecule has 2 unspecified atom stereocenters. The summed E-state index contributed by atoms with van der Waals surface area (Å²) in [6.07, 6.45) is 4.14. The van der Waals surface area contributed by atoms with Gasteiger partial charge in [0.1, 0.15) is 6.10 Å². The summed E-state index contributed by atoms with van der Waals surface area (Å²) in [5.74, 6) is -0.0571. The standard InChI is InChI=1S/C15H27NO4/c1-3-4-10(2)16-8-15(18)20-11-5-6-13(17)12(7-11)14-9-19-14/h10-14,16-17H,3-9H2,1-2H3/t10?,11-,12+,13?,14+/m1/s1. The number of hydrogen-bond donors (Lipinski definition) is 2. The van der Waals surface area contributed by atoms with Crippen LogP contribution < -0.4 is 5.32 Å². The van der Waals surface area contributed by atoms with E-state index in [2.05, 4.69) is 19.2 Å². The van der Waals surface area contributed by atoms with Gasteiger partial charge in [-0.25, -0.2) is 0 Å². The smallest absolute Gasteiger partial charge is 0.320 e. The zero-order valence-corrected chi connectivity index (χ0v) is 12.5. The zero-order valence-electron chi connectivity index (χ0n) is 12.5. The molecule has 2 rings (SSSR count). The molecule has 5 atom stereocenters. The lowest BCUT2D eigenvalue weighted by molar-refractivity contribution is -0.152. The molecule has 5 heteroatoms. The monoisotopic (exact) mass is 285 g/mol. The molecule has 1 aliphatic carbocycles. The van der Waals surface area contributed by atoms with Crippen molar-refractivity contribution >= 4 is 5.97 Å². The summed E-state index contributed by atoms with van der Waals surface area (Å²) in [7, 11) is 0. The molecular weight excluding hydrogens is 258 g/mol.